The SMILES string of the molecule is CCNC(c1ccc(OC)cc1OC)C(C)(C)OC. The van der Waals surface area contributed by atoms with Crippen LogP contribution in [0, 0.1) is 0 Å². The van der Waals surface area contributed by atoms with Crippen molar-refractivity contribution in [2.45, 2.75) is 32.4 Å². The fraction of sp³-hybridized carbons (Fsp3) is 0.600. The molecule has 0 radical (unpaired) electrons. The molecule has 0 saturated carbocycles. The minimum atomic E-state index is -0.335. The van der Waals surface area contributed by atoms with E-state index in [1.54, 1.807) is 21.3 Å². The second kappa shape index (κ2) is 6.78. The van der Waals surface area contributed by atoms with Gasteiger partial charge in [-0.05, 0) is 32.5 Å². The third-order valence-corrected chi connectivity index (χ3v) is 3.38. The maximum absolute atomic E-state index is 5.61. The zero-order chi connectivity index (χ0) is 14.5. The number of nitrogens with one attached hydrogen (secondary N) is 1. The van der Waals surface area contributed by atoms with Gasteiger partial charge < -0.3 is 19.5 Å². The zero-order valence-electron chi connectivity index (χ0n) is 12.7. The van der Waals surface area contributed by atoms with Gasteiger partial charge in [0.05, 0.1) is 25.9 Å². The van der Waals surface area contributed by atoms with E-state index in [9.17, 15) is 0 Å². The van der Waals surface area contributed by atoms with E-state index in [0.717, 1.165) is 23.6 Å². The fourth-order valence-electron chi connectivity index (χ4n) is 2.11. The molecule has 0 heterocycles. The number of hydrogen-bond acceptors (Lipinski definition) is 4. The molecule has 1 aromatic rings. The van der Waals surface area contributed by atoms with Crippen molar-refractivity contribution in [2.75, 3.05) is 27.9 Å². The Hall–Kier alpha value is -1.26. The maximum Gasteiger partial charge on any atom is 0.127 e. The number of rotatable bonds is 7. The molecule has 0 bridgehead atoms. The van der Waals surface area contributed by atoms with E-state index in [2.05, 4.69) is 26.1 Å². The van der Waals surface area contributed by atoms with Gasteiger partial charge in [-0.2, -0.15) is 0 Å². The highest BCUT2D eigenvalue weighted by Gasteiger charge is 2.32. The van der Waals surface area contributed by atoms with Gasteiger partial charge in [-0.3, -0.25) is 0 Å². The molecule has 0 amide bonds. The molecular weight excluding hydrogens is 242 g/mol. The standard InChI is InChI=1S/C15H25NO3/c1-7-16-14(15(2,3)19-6)12-9-8-11(17-4)10-13(12)18-5/h8-10,14,16H,7H2,1-6H3. The molecular formula is C15H25NO3. The van der Waals surface area contributed by atoms with Crippen molar-refractivity contribution in [3.8, 4) is 11.5 Å². The molecule has 0 aromatic heterocycles. The normalized spacial score (nSPS) is 13.2. The number of ether oxygens (including phenoxy) is 3. The van der Waals surface area contributed by atoms with Gasteiger partial charge in [-0.25, -0.2) is 0 Å². The highest BCUT2D eigenvalue weighted by Crippen LogP contribution is 2.36. The Morgan fingerprint density at radius 2 is 1.84 bits per heavy atom. The van der Waals surface area contributed by atoms with Crippen LogP contribution in [0.3, 0.4) is 0 Å². The Bertz CT molecular complexity index is 404. The minimum Gasteiger partial charge on any atom is -0.497 e. The summed E-state index contributed by atoms with van der Waals surface area (Å²) in [5.74, 6) is 1.58. The van der Waals surface area contributed by atoms with E-state index in [0.29, 0.717) is 0 Å². The smallest absolute Gasteiger partial charge is 0.127 e. The van der Waals surface area contributed by atoms with E-state index in [4.69, 9.17) is 14.2 Å². The average molecular weight is 267 g/mol. The molecule has 4 heteroatoms. The Labute approximate surface area is 116 Å². The van der Waals surface area contributed by atoms with Gasteiger partial charge in [0.2, 0.25) is 0 Å². The fourth-order valence-corrected chi connectivity index (χ4v) is 2.11. The van der Waals surface area contributed by atoms with E-state index >= 15 is 0 Å². The lowest BCUT2D eigenvalue weighted by Gasteiger charge is -2.34. The molecule has 0 fully saturated rings. The lowest BCUT2D eigenvalue weighted by molar-refractivity contribution is -0.0112. The monoisotopic (exact) mass is 267 g/mol. The molecule has 4 nitrogen and oxygen atoms in total. The van der Waals surface area contributed by atoms with Crippen LogP contribution in [0.25, 0.3) is 0 Å². The number of methoxy groups -OCH3 is 3. The Balaban J connectivity index is 3.22. The van der Waals surface area contributed by atoms with Crippen LogP contribution in [0.5, 0.6) is 11.5 Å². The lowest BCUT2D eigenvalue weighted by atomic mass is 9.90. The molecule has 1 N–H and O–H groups in total. The van der Waals surface area contributed by atoms with Gasteiger partial charge in [-0.15, -0.1) is 0 Å². The first-order valence-electron chi connectivity index (χ1n) is 6.50. The Kier molecular flexibility index (Phi) is 5.63. The summed E-state index contributed by atoms with van der Waals surface area (Å²) in [5, 5.41) is 3.46. The molecule has 0 saturated heterocycles. The van der Waals surface area contributed by atoms with Crippen molar-refractivity contribution in [2.24, 2.45) is 0 Å². The predicted molar refractivity (Wildman–Crippen MR) is 77.1 cm³/mol. The van der Waals surface area contributed by atoms with Crippen molar-refractivity contribution in [1.82, 2.24) is 5.32 Å². The molecule has 0 aliphatic heterocycles. The van der Waals surface area contributed by atoms with Gasteiger partial charge in [0.15, 0.2) is 0 Å². The van der Waals surface area contributed by atoms with Crippen molar-refractivity contribution in [3.05, 3.63) is 23.8 Å². The minimum absolute atomic E-state index is 0.0448. The van der Waals surface area contributed by atoms with Gasteiger partial charge in [-0.1, -0.05) is 6.92 Å². The van der Waals surface area contributed by atoms with E-state index in [1.807, 2.05) is 18.2 Å². The number of benzene rings is 1. The molecule has 0 aliphatic rings. The quantitative estimate of drug-likeness (QED) is 0.824. The van der Waals surface area contributed by atoms with Gasteiger partial charge in [0, 0.05) is 18.7 Å². The first-order chi connectivity index (χ1) is 9.00. The molecule has 0 aliphatic carbocycles. The van der Waals surface area contributed by atoms with Gasteiger partial charge in [0.25, 0.3) is 0 Å². The highest BCUT2D eigenvalue weighted by atomic mass is 16.5. The van der Waals surface area contributed by atoms with Crippen LogP contribution in [-0.4, -0.2) is 33.5 Å². The Morgan fingerprint density at radius 1 is 1.16 bits per heavy atom. The van der Waals surface area contributed by atoms with E-state index < -0.39 is 0 Å². The summed E-state index contributed by atoms with van der Waals surface area (Å²) in [5.41, 5.74) is 0.731. The lowest BCUT2D eigenvalue weighted by Crippen LogP contribution is -2.41. The average Bonchev–Trinajstić information content (AvgIpc) is 2.44. The largest absolute Gasteiger partial charge is 0.497 e. The molecule has 19 heavy (non-hydrogen) atoms. The second-order valence-electron chi connectivity index (χ2n) is 4.91. The van der Waals surface area contributed by atoms with Crippen LogP contribution < -0.4 is 14.8 Å². The molecule has 1 atom stereocenters. The highest BCUT2D eigenvalue weighted by molar-refractivity contribution is 5.43. The third kappa shape index (κ3) is 3.61. The molecule has 0 spiro atoms. The van der Waals surface area contributed by atoms with Crippen LogP contribution in [-0.2, 0) is 4.74 Å². The van der Waals surface area contributed by atoms with E-state index in [-0.39, 0.29) is 11.6 Å². The first-order valence-corrected chi connectivity index (χ1v) is 6.50. The summed E-state index contributed by atoms with van der Waals surface area (Å²) in [6.45, 7) is 7.05. The van der Waals surface area contributed by atoms with Crippen LogP contribution in [0.1, 0.15) is 32.4 Å². The topological polar surface area (TPSA) is 39.7 Å². The van der Waals surface area contributed by atoms with Crippen LogP contribution in [0.15, 0.2) is 18.2 Å². The Morgan fingerprint density at radius 3 is 2.32 bits per heavy atom. The molecule has 1 unspecified atom stereocenters. The van der Waals surface area contributed by atoms with Gasteiger partial charge in [0.1, 0.15) is 11.5 Å². The summed E-state index contributed by atoms with van der Waals surface area (Å²) in [6.07, 6.45) is 0. The summed E-state index contributed by atoms with van der Waals surface area (Å²) in [6, 6.07) is 5.90. The second-order valence-corrected chi connectivity index (χ2v) is 4.91. The van der Waals surface area contributed by atoms with Crippen molar-refractivity contribution in [1.29, 1.82) is 0 Å². The van der Waals surface area contributed by atoms with E-state index in [1.165, 1.54) is 0 Å². The maximum atomic E-state index is 5.61. The third-order valence-electron chi connectivity index (χ3n) is 3.38. The van der Waals surface area contributed by atoms with Crippen molar-refractivity contribution >= 4 is 0 Å². The van der Waals surface area contributed by atoms with Crippen LogP contribution >= 0.6 is 0 Å². The summed E-state index contributed by atoms with van der Waals surface area (Å²) >= 11 is 0. The first kappa shape index (κ1) is 15.8. The zero-order valence-corrected chi connectivity index (χ0v) is 12.7. The summed E-state index contributed by atoms with van der Waals surface area (Å²) in [4.78, 5) is 0. The van der Waals surface area contributed by atoms with Crippen LogP contribution in [0.2, 0.25) is 0 Å². The van der Waals surface area contributed by atoms with Crippen LogP contribution in [0.4, 0.5) is 0 Å². The summed E-state index contributed by atoms with van der Waals surface area (Å²) < 4.78 is 16.3. The van der Waals surface area contributed by atoms with Crippen molar-refractivity contribution < 1.29 is 14.2 Å². The number of likely N-dealkylation sites (N-methyl/N-ethyl adjacent to an activating group) is 1. The summed E-state index contributed by atoms with van der Waals surface area (Å²) in [7, 11) is 5.04. The predicted octanol–water partition coefficient (Wildman–Crippen LogP) is 2.78. The molecule has 1 rings (SSSR count). The molecule has 1 aromatic carbocycles. The van der Waals surface area contributed by atoms with Crippen molar-refractivity contribution in [3.63, 3.8) is 0 Å². The number of hydrogen-bond donors (Lipinski definition) is 1. The molecule has 108 valence electrons. The van der Waals surface area contributed by atoms with Gasteiger partial charge >= 0.3 is 0 Å².